The summed E-state index contributed by atoms with van der Waals surface area (Å²) in [5.74, 6) is 2.89. The lowest BCUT2D eigenvalue weighted by atomic mass is 10.1. The predicted octanol–water partition coefficient (Wildman–Crippen LogP) is 5.08. The zero-order valence-electron chi connectivity index (χ0n) is 21.8. The third-order valence-electron chi connectivity index (χ3n) is 6.41. The van der Waals surface area contributed by atoms with Crippen molar-refractivity contribution in [2.45, 2.75) is 6.61 Å². The van der Waals surface area contributed by atoms with Crippen molar-refractivity contribution in [3.63, 3.8) is 0 Å². The van der Waals surface area contributed by atoms with Crippen LogP contribution in [0.1, 0.15) is 16.7 Å². The Morgan fingerprint density at radius 1 is 0.811 bits per heavy atom. The molecular formula is C29H31N3O5. The van der Waals surface area contributed by atoms with E-state index in [0.29, 0.717) is 24.7 Å². The summed E-state index contributed by atoms with van der Waals surface area (Å²) < 4.78 is 22.4. The number of rotatable bonds is 10. The fourth-order valence-electron chi connectivity index (χ4n) is 4.46. The Morgan fingerprint density at radius 2 is 1.51 bits per heavy atom. The summed E-state index contributed by atoms with van der Waals surface area (Å²) in [5.41, 5.74) is 6.53. The minimum Gasteiger partial charge on any atom is -0.497 e. The Labute approximate surface area is 216 Å². The first-order chi connectivity index (χ1) is 18.0. The molecule has 0 saturated heterocycles. The summed E-state index contributed by atoms with van der Waals surface area (Å²) in [4.78, 5) is 11.5. The molecule has 192 valence electrons. The third kappa shape index (κ3) is 4.80. The van der Waals surface area contributed by atoms with E-state index in [4.69, 9.17) is 23.8 Å². The number of likely N-dealkylation sites (N-methyl/N-ethyl adjacent to an activating group) is 1. The highest BCUT2D eigenvalue weighted by Crippen LogP contribution is 2.46. The molecule has 1 aliphatic rings. The maximum absolute atomic E-state index is 6.02. The Balaban J connectivity index is 1.55. The van der Waals surface area contributed by atoms with Gasteiger partial charge in [0.2, 0.25) is 0 Å². The molecule has 8 nitrogen and oxygen atoms in total. The van der Waals surface area contributed by atoms with E-state index < -0.39 is 0 Å². The van der Waals surface area contributed by atoms with Crippen molar-refractivity contribution in [3.8, 4) is 34.3 Å². The van der Waals surface area contributed by atoms with E-state index in [2.05, 4.69) is 21.1 Å². The van der Waals surface area contributed by atoms with Crippen LogP contribution in [-0.4, -0.2) is 64.2 Å². The van der Waals surface area contributed by atoms with Gasteiger partial charge < -0.3 is 33.7 Å². The lowest BCUT2D eigenvalue weighted by molar-refractivity contribution is 0.131. The highest BCUT2D eigenvalue weighted by molar-refractivity contribution is 6.30. The summed E-state index contributed by atoms with van der Waals surface area (Å²) in [6, 6.07) is 17.7. The number of nitrogens with zero attached hydrogens (tertiary/aromatic N) is 2. The van der Waals surface area contributed by atoms with Gasteiger partial charge in [-0.15, -0.1) is 0 Å². The molecule has 0 fully saturated rings. The number of oxime groups is 1. The van der Waals surface area contributed by atoms with Crippen LogP contribution in [0.15, 0.2) is 59.8 Å². The van der Waals surface area contributed by atoms with Crippen LogP contribution in [0.2, 0.25) is 0 Å². The Hall–Kier alpha value is -4.17. The number of aromatic amines is 1. The van der Waals surface area contributed by atoms with Crippen LogP contribution in [0, 0.1) is 0 Å². The number of hydrogen-bond acceptors (Lipinski definition) is 7. The molecule has 1 N–H and O–H groups in total. The zero-order valence-corrected chi connectivity index (χ0v) is 21.8. The average Bonchev–Trinajstić information content (AvgIpc) is 3.42. The molecule has 0 bridgehead atoms. The summed E-state index contributed by atoms with van der Waals surface area (Å²) in [6.45, 7) is 1.76. The number of hydrogen-bond donors (Lipinski definition) is 1. The van der Waals surface area contributed by atoms with Gasteiger partial charge in [-0.3, -0.25) is 0 Å². The Bertz CT molecular complexity index is 1440. The summed E-state index contributed by atoms with van der Waals surface area (Å²) in [7, 11) is 8.97. The molecule has 3 aromatic carbocycles. The minimum atomic E-state index is 0.326. The molecule has 37 heavy (non-hydrogen) atoms. The van der Waals surface area contributed by atoms with E-state index in [1.807, 2.05) is 62.6 Å². The fourth-order valence-corrected chi connectivity index (χ4v) is 4.46. The van der Waals surface area contributed by atoms with Gasteiger partial charge in [0.25, 0.3) is 0 Å². The number of benzene rings is 3. The molecule has 1 aliphatic carbocycles. The molecule has 8 heteroatoms. The normalized spacial score (nSPS) is 13.1. The van der Waals surface area contributed by atoms with Crippen molar-refractivity contribution in [1.82, 2.24) is 9.88 Å². The minimum absolute atomic E-state index is 0.326. The number of fused-ring (bicyclic) bond motifs is 5. The van der Waals surface area contributed by atoms with Gasteiger partial charge in [-0.25, -0.2) is 0 Å². The van der Waals surface area contributed by atoms with E-state index in [-0.39, 0.29) is 0 Å². The van der Waals surface area contributed by atoms with Crippen LogP contribution >= 0.6 is 0 Å². The third-order valence-corrected chi connectivity index (χ3v) is 6.41. The van der Waals surface area contributed by atoms with Crippen molar-refractivity contribution >= 4 is 16.6 Å². The topological polar surface area (TPSA) is 77.5 Å². The van der Waals surface area contributed by atoms with Crippen molar-refractivity contribution in [3.05, 3.63) is 71.3 Å². The summed E-state index contributed by atoms with van der Waals surface area (Å²) >= 11 is 0. The second-order valence-electron chi connectivity index (χ2n) is 9.05. The molecule has 4 aromatic rings. The first-order valence-electron chi connectivity index (χ1n) is 12.1. The smallest absolute Gasteiger partial charge is 0.161 e. The number of ether oxygens (including phenoxy) is 4. The molecule has 0 aliphatic heterocycles. The van der Waals surface area contributed by atoms with E-state index in [0.717, 1.165) is 62.6 Å². The monoisotopic (exact) mass is 501 g/mol. The first-order valence-corrected chi connectivity index (χ1v) is 12.1. The first kappa shape index (κ1) is 24.5. The van der Waals surface area contributed by atoms with Gasteiger partial charge in [-0.05, 0) is 62.1 Å². The van der Waals surface area contributed by atoms with Gasteiger partial charge in [0.15, 0.2) is 11.5 Å². The van der Waals surface area contributed by atoms with E-state index in [9.17, 15) is 0 Å². The second-order valence-corrected chi connectivity index (χ2v) is 9.05. The van der Waals surface area contributed by atoms with Crippen LogP contribution in [0.3, 0.4) is 0 Å². The molecule has 1 heterocycles. The lowest BCUT2D eigenvalue weighted by Gasteiger charge is -2.12. The van der Waals surface area contributed by atoms with Gasteiger partial charge in [-0.1, -0.05) is 17.3 Å². The molecule has 0 saturated carbocycles. The van der Waals surface area contributed by atoms with Crippen LogP contribution in [-0.2, 0) is 11.4 Å². The van der Waals surface area contributed by atoms with Crippen molar-refractivity contribution < 1.29 is 23.8 Å². The van der Waals surface area contributed by atoms with Crippen LogP contribution < -0.4 is 18.9 Å². The number of nitrogens with one attached hydrogen (secondary N) is 1. The van der Waals surface area contributed by atoms with Crippen molar-refractivity contribution in [1.29, 1.82) is 0 Å². The fraction of sp³-hybridized carbons (Fsp3) is 0.276. The average molecular weight is 502 g/mol. The molecule has 0 unspecified atom stereocenters. The van der Waals surface area contributed by atoms with Gasteiger partial charge >= 0.3 is 0 Å². The maximum atomic E-state index is 6.02. The number of H-pyrrole nitrogens is 1. The second kappa shape index (κ2) is 10.4. The van der Waals surface area contributed by atoms with Crippen LogP contribution in [0.25, 0.3) is 22.2 Å². The van der Waals surface area contributed by atoms with Crippen LogP contribution in [0.4, 0.5) is 0 Å². The van der Waals surface area contributed by atoms with Gasteiger partial charge in [0, 0.05) is 34.1 Å². The standard InChI is InChI=1S/C29H31N3O5/c1-32(2)12-13-36-20-10-11-24-23(14-20)27-28(30-24)21-15-25(34-4)26(35-5)16-22(21)29(27)31-37-17-18-6-8-19(33-3)9-7-18/h6-11,14-16,30H,12-13,17H2,1-5H3. The van der Waals surface area contributed by atoms with Gasteiger partial charge in [0.1, 0.15) is 30.4 Å². The lowest BCUT2D eigenvalue weighted by Crippen LogP contribution is -2.19. The van der Waals surface area contributed by atoms with E-state index in [1.165, 1.54) is 0 Å². The van der Waals surface area contributed by atoms with Gasteiger partial charge in [0.05, 0.1) is 27.0 Å². The summed E-state index contributed by atoms with van der Waals surface area (Å²) in [6.07, 6.45) is 0. The van der Waals surface area contributed by atoms with E-state index in [1.54, 1.807) is 21.3 Å². The highest BCUT2D eigenvalue weighted by Gasteiger charge is 2.32. The predicted molar refractivity (Wildman–Crippen MR) is 144 cm³/mol. The van der Waals surface area contributed by atoms with Gasteiger partial charge in [-0.2, -0.15) is 0 Å². The SMILES string of the molecule is COc1ccc(CON=C2c3cc(OC)c(OC)cc3-c3[nH]c4ccc(OCCN(C)C)cc4c32)cc1. The highest BCUT2D eigenvalue weighted by atomic mass is 16.6. The molecule has 5 rings (SSSR count). The molecular weight excluding hydrogens is 470 g/mol. The van der Waals surface area contributed by atoms with Crippen molar-refractivity contribution in [2.75, 3.05) is 48.6 Å². The van der Waals surface area contributed by atoms with Crippen molar-refractivity contribution in [2.24, 2.45) is 5.16 Å². The number of aromatic nitrogens is 1. The largest absolute Gasteiger partial charge is 0.497 e. The molecule has 1 aromatic heterocycles. The number of methoxy groups -OCH3 is 3. The molecule has 0 atom stereocenters. The zero-order chi connectivity index (χ0) is 25.9. The summed E-state index contributed by atoms with van der Waals surface area (Å²) in [5, 5.41) is 5.65. The Morgan fingerprint density at radius 3 is 2.19 bits per heavy atom. The molecule has 0 amide bonds. The maximum Gasteiger partial charge on any atom is 0.161 e. The van der Waals surface area contributed by atoms with Crippen LogP contribution in [0.5, 0.6) is 23.0 Å². The quantitative estimate of drug-likeness (QED) is 0.269. The molecule has 0 spiro atoms. The van der Waals surface area contributed by atoms with E-state index >= 15 is 0 Å². The Kier molecular flexibility index (Phi) is 6.92. The molecule has 0 radical (unpaired) electrons.